The number of nitrogens with one attached hydrogen (secondary N) is 2. The lowest BCUT2D eigenvalue weighted by atomic mass is 10.1. The summed E-state index contributed by atoms with van der Waals surface area (Å²) in [6.07, 6.45) is 4.61. The van der Waals surface area contributed by atoms with Crippen LogP contribution in [0.1, 0.15) is 58.5 Å². The third-order valence-corrected chi connectivity index (χ3v) is 7.11. The van der Waals surface area contributed by atoms with Crippen LogP contribution in [0.4, 0.5) is 0 Å². The lowest BCUT2D eigenvalue weighted by Crippen LogP contribution is -2.49. The number of thiophene rings is 1. The number of rotatable bonds is 10. The minimum absolute atomic E-state index is 0.102. The Balaban J connectivity index is 1.57. The highest BCUT2D eigenvalue weighted by Crippen LogP contribution is 2.26. The number of hydrogen-bond acceptors (Lipinski definition) is 5. The molecule has 0 unspecified atom stereocenters. The summed E-state index contributed by atoms with van der Waals surface area (Å²) in [6.45, 7) is 1.91. The molecule has 2 heterocycles. The largest absolute Gasteiger partial charge is 0.464 e. The van der Waals surface area contributed by atoms with Gasteiger partial charge in [-0.1, -0.05) is 49.2 Å². The van der Waals surface area contributed by atoms with Crippen LogP contribution in [0.5, 0.6) is 0 Å². The van der Waals surface area contributed by atoms with Crippen LogP contribution in [0.25, 0.3) is 0 Å². The first-order chi connectivity index (χ1) is 17.0. The standard InChI is InChI=1S/C27H31N3O4S/c1-19-13-14-22(34-19)25(27(33)29-21-10-5-6-11-21)30(16-15-20-8-3-2-4-9-20)24(31)18-28-26(32)23-12-7-17-35-23/h2-4,7-9,12-14,17,21,25H,5-6,10-11,15-16,18H2,1H3,(H,28,32)(H,29,33)/t25-/m1/s1. The molecule has 1 aliphatic carbocycles. The van der Waals surface area contributed by atoms with E-state index in [9.17, 15) is 14.4 Å². The van der Waals surface area contributed by atoms with Gasteiger partial charge >= 0.3 is 0 Å². The summed E-state index contributed by atoms with van der Waals surface area (Å²) in [7, 11) is 0. The molecule has 2 aromatic heterocycles. The zero-order valence-electron chi connectivity index (χ0n) is 19.9. The molecule has 184 valence electrons. The third-order valence-electron chi connectivity index (χ3n) is 6.24. The number of benzene rings is 1. The highest BCUT2D eigenvalue weighted by atomic mass is 32.1. The van der Waals surface area contributed by atoms with E-state index in [2.05, 4.69) is 10.6 Å². The molecular weight excluding hydrogens is 462 g/mol. The molecule has 0 spiro atoms. The van der Waals surface area contributed by atoms with Crippen LogP contribution < -0.4 is 10.6 Å². The number of hydrogen-bond donors (Lipinski definition) is 2. The van der Waals surface area contributed by atoms with Crippen molar-refractivity contribution in [2.75, 3.05) is 13.1 Å². The first-order valence-electron chi connectivity index (χ1n) is 12.0. The number of furan rings is 1. The summed E-state index contributed by atoms with van der Waals surface area (Å²) in [5.41, 5.74) is 1.05. The fourth-order valence-electron chi connectivity index (χ4n) is 4.42. The van der Waals surface area contributed by atoms with E-state index in [0.29, 0.717) is 29.4 Å². The number of aryl methyl sites for hydroxylation is 1. The van der Waals surface area contributed by atoms with Crippen molar-refractivity contribution in [3.05, 3.63) is 81.9 Å². The summed E-state index contributed by atoms with van der Waals surface area (Å²) in [6, 6.07) is 16.0. The molecule has 2 N–H and O–H groups in total. The average molecular weight is 494 g/mol. The first kappa shape index (κ1) is 24.7. The van der Waals surface area contributed by atoms with Crippen LogP contribution in [0.3, 0.4) is 0 Å². The van der Waals surface area contributed by atoms with Gasteiger partial charge in [-0.15, -0.1) is 11.3 Å². The second-order valence-electron chi connectivity index (χ2n) is 8.82. The molecule has 0 bridgehead atoms. The molecule has 3 amide bonds. The van der Waals surface area contributed by atoms with Gasteiger partial charge in [0, 0.05) is 12.6 Å². The summed E-state index contributed by atoms with van der Waals surface area (Å²) in [4.78, 5) is 41.6. The van der Waals surface area contributed by atoms with Gasteiger partial charge in [0.15, 0.2) is 6.04 Å². The van der Waals surface area contributed by atoms with Crippen LogP contribution in [-0.2, 0) is 16.0 Å². The molecular formula is C27H31N3O4S. The van der Waals surface area contributed by atoms with Crippen molar-refractivity contribution >= 4 is 29.1 Å². The SMILES string of the molecule is Cc1ccc([C@H](C(=O)NC2CCCC2)N(CCc2ccccc2)C(=O)CNC(=O)c2cccs2)o1. The predicted octanol–water partition coefficient (Wildman–Crippen LogP) is 4.25. The van der Waals surface area contributed by atoms with E-state index in [1.807, 2.05) is 42.6 Å². The summed E-state index contributed by atoms with van der Waals surface area (Å²) in [5, 5.41) is 7.65. The summed E-state index contributed by atoms with van der Waals surface area (Å²) in [5.74, 6) is 0.185. The lowest BCUT2D eigenvalue weighted by Gasteiger charge is -2.31. The van der Waals surface area contributed by atoms with Crippen molar-refractivity contribution in [2.24, 2.45) is 0 Å². The number of carbonyl (C=O) groups is 3. The maximum atomic E-state index is 13.5. The third kappa shape index (κ3) is 6.60. The van der Waals surface area contributed by atoms with Gasteiger partial charge in [-0.25, -0.2) is 0 Å². The van der Waals surface area contributed by atoms with Gasteiger partial charge in [0.1, 0.15) is 11.5 Å². The molecule has 1 atom stereocenters. The van der Waals surface area contributed by atoms with Crippen LogP contribution in [0, 0.1) is 6.92 Å². The van der Waals surface area contributed by atoms with Crippen LogP contribution in [-0.4, -0.2) is 41.8 Å². The second kappa shape index (κ2) is 11.8. The highest BCUT2D eigenvalue weighted by molar-refractivity contribution is 7.12. The van der Waals surface area contributed by atoms with E-state index in [0.717, 1.165) is 31.2 Å². The van der Waals surface area contributed by atoms with Crippen LogP contribution in [0.15, 0.2) is 64.4 Å². The Morgan fingerprint density at radius 1 is 1.06 bits per heavy atom. The molecule has 35 heavy (non-hydrogen) atoms. The van der Waals surface area contributed by atoms with Crippen molar-refractivity contribution in [1.29, 1.82) is 0 Å². The monoisotopic (exact) mass is 493 g/mol. The smallest absolute Gasteiger partial charge is 0.261 e. The minimum atomic E-state index is -0.917. The molecule has 1 saturated carbocycles. The second-order valence-corrected chi connectivity index (χ2v) is 9.77. The molecule has 1 fully saturated rings. The Bertz CT molecular complexity index is 1120. The summed E-state index contributed by atoms with van der Waals surface area (Å²) >= 11 is 1.31. The molecule has 7 nitrogen and oxygen atoms in total. The van der Waals surface area contributed by atoms with Crippen molar-refractivity contribution in [3.8, 4) is 0 Å². The minimum Gasteiger partial charge on any atom is -0.464 e. The average Bonchev–Trinajstić information content (AvgIpc) is 3.64. The normalized spacial score (nSPS) is 14.4. The van der Waals surface area contributed by atoms with Crippen LogP contribution in [0.2, 0.25) is 0 Å². The Morgan fingerprint density at radius 2 is 1.83 bits per heavy atom. The highest BCUT2D eigenvalue weighted by Gasteiger charge is 2.35. The quantitative estimate of drug-likeness (QED) is 0.442. The van der Waals surface area contributed by atoms with Gasteiger partial charge in [-0.2, -0.15) is 0 Å². The molecule has 1 aliphatic rings. The van der Waals surface area contributed by atoms with E-state index < -0.39 is 6.04 Å². The zero-order chi connectivity index (χ0) is 24.6. The predicted molar refractivity (Wildman–Crippen MR) is 135 cm³/mol. The van der Waals surface area contributed by atoms with Gasteiger partial charge in [0.25, 0.3) is 11.8 Å². The van der Waals surface area contributed by atoms with Gasteiger partial charge < -0.3 is 20.0 Å². The molecule has 0 aliphatic heterocycles. The molecule has 0 radical (unpaired) electrons. The first-order valence-corrected chi connectivity index (χ1v) is 12.9. The van der Waals surface area contributed by atoms with Crippen molar-refractivity contribution in [3.63, 3.8) is 0 Å². The van der Waals surface area contributed by atoms with E-state index in [-0.39, 0.29) is 30.3 Å². The van der Waals surface area contributed by atoms with E-state index >= 15 is 0 Å². The summed E-state index contributed by atoms with van der Waals surface area (Å²) < 4.78 is 5.86. The molecule has 0 saturated heterocycles. The number of nitrogens with zero attached hydrogens (tertiary/aromatic N) is 1. The Hall–Kier alpha value is -3.39. The maximum absolute atomic E-state index is 13.5. The Labute approximate surface area is 209 Å². The van der Waals surface area contributed by atoms with Crippen molar-refractivity contribution < 1.29 is 18.8 Å². The van der Waals surface area contributed by atoms with Gasteiger partial charge in [0.2, 0.25) is 5.91 Å². The maximum Gasteiger partial charge on any atom is 0.261 e. The van der Waals surface area contributed by atoms with E-state index in [4.69, 9.17) is 4.42 Å². The number of carbonyl (C=O) groups excluding carboxylic acids is 3. The Kier molecular flexibility index (Phi) is 8.36. The topological polar surface area (TPSA) is 91.7 Å². The van der Waals surface area contributed by atoms with E-state index in [1.165, 1.54) is 16.2 Å². The number of amides is 3. The van der Waals surface area contributed by atoms with E-state index in [1.54, 1.807) is 24.3 Å². The fourth-order valence-corrected chi connectivity index (χ4v) is 5.06. The Morgan fingerprint density at radius 3 is 2.49 bits per heavy atom. The van der Waals surface area contributed by atoms with Crippen molar-refractivity contribution in [1.82, 2.24) is 15.5 Å². The van der Waals surface area contributed by atoms with Crippen LogP contribution >= 0.6 is 11.3 Å². The van der Waals surface area contributed by atoms with Gasteiger partial charge in [-0.3, -0.25) is 14.4 Å². The van der Waals surface area contributed by atoms with Gasteiger partial charge in [-0.05, 0) is 55.3 Å². The lowest BCUT2D eigenvalue weighted by molar-refractivity contribution is -0.141. The van der Waals surface area contributed by atoms with Crippen molar-refractivity contribution in [2.45, 2.75) is 51.1 Å². The van der Waals surface area contributed by atoms with Gasteiger partial charge in [0.05, 0.1) is 11.4 Å². The molecule has 4 rings (SSSR count). The zero-order valence-corrected chi connectivity index (χ0v) is 20.7. The molecule has 3 aromatic rings. The molecule has 8 heteroatoms. The fraction of sp³-hybridized carbons (Fsp3) is 0.370. The molecule has 1 aromatic carbocycles.